The van der Waals surface area contributed by atoms with E-state index in [0.717, 1.165) is 6.42 Å². The number of esters is 1. The first-order chi connectivity index (χ1) is 7.37. The highest BCUT2D eigenvalue weighted by atomic mass is 16.6. The molecule has 0 heterocycles. The number of carbonyl (C=O) groups is 1. The van der Waals surface area contributed by atoms with Gasteiger partial charge < -0.3 is 4.74 Å². The Labute approximate surface area is 107 Å². The van der Waals surface area contributed by atoms with Crippen molar-refractivity contribution in [2.24, 2.45) is 16.7 Å². The van der Waals surface area contributed by atoms with Crippen LogP contribution in [0.1, 0.15) is 68.7 Å². The van der Waals surface area contributed by atoms with E-state index in [-0.39, 0.29) is 22.7 Å². The second kappa shape index (κ2) is 4.99. The zero-order valence-electron chi connectivity index (χ0n) is 13.1. The van der Waals surface area contributed by atoms with Crippen LogP contribution in [-0.2, 0) is 9.53 Å². The lowest BCUT2D eigenvalue weighted by Crippen LogP contribution is -2.54. The van der Waals surface area contributed by atoms with Gasteiger partial charge in [-0.15, -0.1) is 0 Å². The Hall–Kier alpha value is -0.530. The van der Waals surface area contributed by atoms with Crippen LogP contribution in [0.5, 0.6) is 0 Å². The maximum Gasteiger partial charge on any atom is 0.309 e. The van der Waals surface area contributed by atoms with Gasteiger partial charge in [0.2, 0.25) is 0 Å². The van der Waals surface area contributed by atoms with E-state index in [1.165, 1.54) is 0 Å². The molecule has 0 aromatic rings. The highest BCUT2D eigenvalue weighted by molar-refractivity contribution is 5.72. The molecule has 0 fully saturated rings. The van der Waals surface area contributed by atoms with Crippen molar-refractivity contribution in [3.05, 3.63) is 0 Å². The Morgan fingerprint density at radius 1 is 1.00 bits per heavy atom. The fourth-order valence-corrected chi connectivity index (χ4v) is 1.90. The molecule has 0 aliphatic rings. The number of hydrogen-bond acceptors (Lipinski definition) is 2. The Bertz CT molecular complexity index is 252. The molecule has 1 unspecified atom stereocenters. The minimum absolute atomic E-state index is 0.0287. The fourth-order valence-electron chi connectivity index (χ4n) is 1.90. The molecule has 0 aliphatic carbocycles. The average Bonchev–Trinajstić information content (AvgIpc) is 2.12. The van der Waals surface area contributed by atoms with Gasteiger partial charge in [0, 0.05) is 10.8 Å². The van der Waals surface area contributed by atoms with Gasteiger partial charge in [0.15, 0.2) is 0 Å². The number of hydrogen-bond donors (Lipinski definition) is 0. The molecule has 102 valence electrons. The Balaban J connectivity index is 5.20. The Morgan fingerprint density at radius 2 is 1.35 bits per heavy atom. The molecule has 2 heteroatoms. The van der Waals surface area contributed by atoms with Gasteiger partial charge in [-0.1, -0.05) is 55.4 Å². The zero-order valence-corrected chi connectivity index (χ0v) is 13.1. The van der Waals surface area contributed by atoms with Gasteiger partial charge in [-0.25, -0.2) is 0 Å². The summed E-state index contributed by atoms with van der Waals surface area (Å²) in [5.41, 5.74) is -0.650. The van der Waals surface area contributed by atoms with Crippen LogP contribution in [0.15, 0.2) is 0 Å². The maximum atomic E-state index is 12.1. The first kappa shape index (κ1) is 16.5. The molecule has 0 N–H and O–H groups in total. The molecule has 17 heavy (non-hydrogen) atoms. The van der Waals surface area contributed by atoms with Crippen LogP contribution in [0.4, 0.5) is 0 Å². The van der Waals surface area contributed by atoms with E-state index in [4.69, 9.17) is 4.74 Å². The standard InChI is InChI=1S/C15H30O2/c1-10-11(2)12(16)17-15(9,13(3,4)5)14(6,7)8/h11H,10H2,1-9H3. The van der Waals surface area contributed by atoms with E-state index in [0.29, 0.717) is 0 Å². The van der Waals surface area contributed by atoms with Crippen molar-refractivity contribution in [1.82, 2.24) is 0 Å². The van der Waals surface area contributed by atoms with Crippen LogP contribution in [0.3, 0.4) is 0 Å². The molecule has 0 radical (unpaired) electrons. The van der Waals surface area contributed by atoms with Crippen molar-refractivity contribution in [3.8, 4) is 0 Å². The van der Waals surface area contributed by atoms with Crippen LogP contribution in [-0.4, -0.2) is 11.6 Å². The monoisotopic (exact) mass is 242 g/mol. The third-order valence-electron chi connectivity index (χ3n) is 4.18. The van der Waals surface area contributed by atoms with Crippen LogP contribution >= 0.6 is 0 Å². The van der Waals surface area contributed by atoms with Gasteiger partial charge in [0.1, 0.15) is 5.60 Å². The summed E-state index contributed by atoms with van der Waals surface area (Å²) in [6.07, 6.45) is 0.823. The molecule has 0 bridgehead atoms. The van der Waals surface area contributed by atoms with Crippen molar-refractivity contribution in [3.63, 3.8) is 0 Å². The first-order valence-corrected chi connectivity index (χ1v) is 6.59. The summed E-state index contributed by atoms with van der Waals surface area (Å²) >= 11 is 0. The van der Waals surface area contributed by atoms with Gasteiger partial charge in [-0.2, -0.15) is 0 Å². The molecule has 2 nitrogen and oxygen atoms in total. The van der Waals surface area contributed by atoms with Crippen molar-refractivity contribution in [1.29, 1.82) is 0 Å². The van der Waals surface area contributed by atoms with E-state index in [1.807, 2.05) is 20.8 Å². The summed E-state index contributed by atoms with van der Waals surface area (Å²) in [6, 6.07) is 0. The predicted molar refractivity (Wildman–Crippen MR) is 72.9 cm³/mol. The van der Waals surface area contributed by atoms with Crippen molar-refractivity contribution in [2.45, 2.75) is 74.3 Å². The zero-order chi connectivity index (χ0) is 14.1. The summed E-state index contributed by atoms with van der Waals surface area (Å²) in [6.45, 7) is 18.7. The van der Waals surface area contributed by atoms with Crippen molar-refractivity contribution in [2.75, 3.05) is 0 Å². The third kappa shape index (κ3) is 3.46. The lowest BCUT2D eigenvalue weighted by atomic mass is 9.63. The van der Waals surface area contributed by atoms with Gasteiger partial charge in [0.05, 0.1) is 5.92 Å². The molecular formula is C15H30O2. The van der Waals surface area contributed by atoms with Crippen LogP contribution in [0.25, 0.3) is 0 Å². The second-order valence-electron chi connectivity index (χ2n) is 7.26. The van der Waals surface area contributed by atoms with Crippen molar-refractivity contribution >= 4 is 5.97 Å². The normalized spacial score (nSPS) is 15.6. The van der Waals surface area contributed by atoms with Gasteiger partial charge >= 0.3 is 5.97 Å². The number of rotatable bonds is 3. The molecule has 0 aliphatic heterocycles. The van der Waals surface area contributed by atoms with E-state index in [9.17, 15) is 4.79 Å². The third-order valence-corrected chi connectivity index (χ3v) is 4.18. The first-order valence-electron chi connectivity index (χ1n) is 6.59. The highest BCUT2D eigenvalue weighted by Gasteiger charge is 2.50. The topological polar surface area (TPSA) is 26.3 Å². The van der Waals surface area contributed by atoms with Crippen LogP contribution in [0.2, 0.25) is 0 Å². The smallest absolute Gasteiger partial charge is 0.309 e. The lowest BCUT2D eigenvalue weighted by Gasteiger charge is -2.50. The van der Waals surface area contributed by atoms with Crippen LogP contribution in [0, 0.1) is 16.7 Å². The molecule has 0 aromatic heterocycles. The molecule has 0 amide bonds. The predicted octanol–water partition coefficient (Wildman–Crippen LogP) is 4.43. The van der Waals surface area contributed by atoms with E-state index >= 15 is 0 Å². The summed E-state index contributed by atoms with van der Waals surface area (Å²) in [5, 5.41) is 0. The number of carbonyl (C=O) groups excluding carboxylic acids is 1. The quantitative estimate of drug-likeness (QED) is 0.684. The minimum Gasteiger partial charge on any atom is -0.458 e. The number of ether oxygens (including phenoxy) is 1. The highest BCUT2D eigenvalue weighted by Crippen LogP contribution is 2.46. The molecular weight excluding hydrogens is 212 g/mol. The maximum absolute atomic E-state index is 12.1. The molecule has 0 spiro atoms. The van der Waals surface area contributed by atoms with E-state index in [2.05, 4.69) is 41.5 Å². The average molecular weight is 242 g/mol. The van der Waals surface area contributed by atoms with Crippen molar-refractivity contribution < 1.29 is 9.53 Å². The second-order valence-corrected chi connectivity index (χ2v) is 7.26. The molecule has 1 atom stereocenters. The fraction of sp³-hybridized carbons (Fsp3) is 0.933. The lowest BCUT2D eigenvalue weighted by molar-refractivity contribution is -0.195. The van der Waals surface area contributed by atoms with E-state index < -0.39 is 5.60 Å². The van der Waals surface area contributed by atoms with Gasteiger partial charge in [-0.3, -0.25) is 4.79 Å². The van der Waals surface area contributed by atoms with Crippen LogP contribution < -0.4 is 0 Å². The van der Waals surface area contributed by atoms with Gasteiger partial charge in [0.25, 0.3) is 0 Å². The minimum atomic E-state index is -0.472. The summed E-state index contributed by atoms with van der Waals surface area (Å²) in [7, 11) is 0. The summed E-state index contributed by atoms with van der Waals surface area (Å²) in [5.74, 6) is -0.112. The Morgan fingerprint density at radius 3 is 1.59 bits per heavy atom. The molecule has 0 rings (SSSR count). The summed E-state index contributed by atoms with van der Waals surface area (Å²) in [4.78, 5) is 12.1. The Kier molecular flexibility index (Phi) is 4.84. The molecule has 0 aromatic carbocycles. The van der Waals surface area contributed by atoms with Gasteiger partial charge in [-0.05, 0) is 13.3 Å². The molecule has 0 saturated carbocycles. The largest absolute Gasteiger partial charge is 0.458 e. The summed E-state index contributed by atoms with van der Waals surface area (Å²) < 4.78 is 5.88. The van der Waals surface area contributed by atoms with E-state index in [1.54, 1.807) is 0 Å². The molecule has 0 saturated heterocycles. The SMILES string of the molecule is CCC(C)C(=O)OC(C)(C(C)(C)C)C(C)(C)C.